The summed E-state index contributed by atoms with van der Waals surface area (Å²) in [7, 11) is 0. The normalized spacial score (nSPS) is 19.8. The molecular formula is C34H31ClF3N3O3. The summed E-state index contributed by atoms with van der Waals surface area (Å²) in [5.74, 6) is -0.659. The lowest BCUT2D eigenvalue weighted by Crippen LogP contribution is -2.34. The summed E-state index contributed by atoms with van der Waals surface area (Å²) in [5.41, 5.74) is 2.67. The third-order valence-corrected chi connectivity index (χ3v) is 9.55. The molecule has 3 aromatic carbocycles. The van der Waals surface area contributed by atoms with Crippen molar-refractivity contribution in [3.63, 3.8) is 0 Å². The van der Waals surface area contributed by atoms with Gasteiger partial charge >= 0.3 is 5.97 Å². The summed E-state index contributed by atoms with van der Waals surface area (Å²) in [6, 6.07) is 14.6. The number of halogens is 4. The van der Waals surface area contributed by atoms with Gasteiger partial charge in [-0.25, -0.2) is 18.6 Å². The van der Waals surface area contributed by atoms with E-state index in [1.54, 1.807) is 30.3 Å². The molecule has 2 fully saturated rings. The van der Waals surface area contributed by atoms with Crippen LogP contribution in [0.3, 0.4) is 0 Å². The molecule has 44 heavy (non-hydrogen) atoms. The molecule has 1 aliphatic carbocycles. The van der Waals surface area contributed by atoms with E-state index in [0.29, 0.717) is 35.4 Å². The number of likely N-dealkylation sites (tertiary alicyclic amines) is 1. The first kappa shape index (κ1) is 28.9. The molecule has 10 heteroatoms. The molecule has 0 bridgehead atoms. The van der Waals surface area contributed by atoms with Crippen LogP contribution in [-0.2, 0) is 13.1 Å². The SMILES string of the molecule is O=C(O)c1ccc2nc(CN3CCC(c4cccc5c4OC(c4ccc(Cl)cc4F)C=C5F)CC3)n(CC3(CF)CC3)c2c1. The van der Waals surface area contributed by atoms with Gasteiger partial charge in [0.2, 0.25) is 0 Å². The fourth-order valence-corrected chi connectivity index (χ4v) is 6.67. The zero-order chi connectivity index (χ0) is 30.6. The van der Waals surface area contributed by atoms with Crippen LogP contribution in [0.4, 0.5) is 13.2 Å². The predicted octanol–water partition coefficient (Wildman–Crippen LogP) is 8.10. The molecule has 1 N–H and O–H groups in total. The quantitative estimate of drug-likeness (QED) is 0.215. The van der Waals surface area contributed by atoms with E-state index in [9.17, 15) is 18.7 Å². The third kappa shape index (κ3) is 5.37. The summed E-state index contributed by atoms with van der Waals surface area (Å²) in [6.45, 7) is 2.10. The number of rotatable bonds is 8. The van der Waals surface area contributed by atoms with Crippen LogP contribution in [0.2, 0.25) is 5.02 Å². The number of alkyl halides is 1. The third-order valence-electron chi connectivity index (χ3n) is 9.32. The van der Waals surface area contributed by atoms with Gasteiger partial charge in [0.05, 0.1) is 35.4 Å². The summed E-state index contributed by atoms with van der Waals surface area (Å²) >= 11 is 5.92. The van der Waals surface area contributed by atoms with Crippen molar-refractivity contribution in [3.05, 3.63) is 99.6 Å². The molecule has 0 radical (unpaired) electrons. The first-order valence-corrected chi connectivity index (χ1v) is 15.2. The maximum absolute atomic E-state index is 15.3. The molecule has 0 amide bonds. The molecule has 228 valence electrons. The number of aromatic nitrogens is 2. The molecule has 6 nitrogen and oxygen atoms in total. The number of para-hydroxylation sites is 1. The Hall–Kier alpha value is -3.82. The van der Waals surface area contributed by atoms with E-state index in [1.165, 1.54) is 18.2 Å². The van der Waals surface area contributed by atoms with Gasteiger partial charge in [-0.05, 0) is 92.7 Å². The molecule has 0 spiro atoms. The maximum Gasteiger partial charge on any atom is 0.335 e. The van der Waals surface area contributed by atoms with Crippen molar-refractivity contribution in [1.82, 2.24) is 14.5 Å². The van der Waals surface area contributed by atoms with Gasteiger partial charge in [0.15, 0.2) is 0 Å². The minimum atomic E-state index is -1.01. The van der Waals surface area contributed by atoms with Crippen LogP contribution in [0.1, 0.15) is 70.6 Å². The van der Waals surface area contributed by atoms with Gasteiger partial charge in [0.25, 0.3) is 0 Å². The van der Waals surface area contributed by atoms with E-state index in [1.807, 2.05) is 16.7 Å². The van der Waals surface area contributed by atoms with Crippen LogP contribution >= 0.6 is 11.6 Å². The molecule has 1 atom stereocenters. The summed E-state index contributed by atoms with van der Waals surface area (Å²) in [6.07, 6.45) is 3.58. The number of carbonyl (C=O) groups is 1. The van der Waals surface area contributed by atoms with Crippen molar-refractivity contribution in [2.45, 2.75) is 50.8 Å². The molecule has 2 aliphatic heterocycles. The molecule has 3 aliphatic rings. The Morgan fingerprint density at radius 2 is 1.86 bits per heavy atom. The highest BCUT2D eigenvalue weighted by Crippen LogP contribution is 2.48. The molecule has 1 unspecified atom stereocenters. The number of carboxylic acid groups (broad SMARTS) is 1. The lowest BCUT2D eigenvalue weighted by atomic mass is 9.86. The van der Waals surface area contributed by atoms with Gasteiger partial charge in [-0.3, -0.25) is 9.29 Å². The summed E-state index contributed by atoms with van der Waals surface area (Å²) in [5, 5.41) is 9.80. The van der Waals surface area contributed by atoms with Gasteiger partial charge in [-0.15, -0.1) is 0 Å². The summed E-state index contributed by atoms with van der Waals surface area (Å²) in [4.78, 5) is 18.8. The Bertz CT molecular complexity index is 1790. The van der Waals surface area contributed by atoms with Crippen molar-refractivity contribution in [2.24, 2.45) is 5.41 Å². The minimum Gasteiger partial charge on any atom is -0.480 e. The number of piperidine rings is 1. The maximum atomic E-state index is 15.3. The fourth-order valence-electron chi connectivity index (χ4n) is 6.52. The largest absolute Gasteiger partial charge is 0.480 e. The van der Waals surface area contributed by atoms with Gasteiger partial charge in [0.1, 0.15) is 29.3 Å². The molecule has 3 heterocycles. The topological polar surface area (TPSA) is 67.6 Å². The Balaban J connectivity index is 1.10. The average molecular weight is 622 g/mol. The highest BCUT2D eigenvalue weighted by atomic mass is 35.5. The van der Waals surface area contributed by atoms with Gasteiger partial charge < -0.3 is 14.4 Å². The van der Waals surface area contributed by atoms with E-state index in [-0.39, 0.29) is 22.1 Å². The number of benzene rings is 3. The van der Waals surface area contributed by atoms with Crippen LogP contribution in [0.25, 0.3) is 16.9 Å². The van der Waals surface area contributed by atoms with Crippen LogP contribution in [0, 0.1) is 11.2 Å². The van der Waals surface area contributed by atoms with Gasteiger partial charge in [-0.1, -0.05) is 29.8 Å². The monoisotopic (exact) mass is 621 g/mol. The molecular weight excluding hydrogens is 591 g/mol. The molecule has 1 saturated heterocycles. The zero-order valence-corrected chi connectivity index (χ0v) is 24.7. The Kier molecular flexibility index (Phi) is 7.41. The highest BCUT2D eigenvalue weighted by molar-refractivity contribution is 6.30. The van der Waals surface area contributed by atoms with Gasteiger partial charge in [-0.2, -0.15) is 0 Å². The van der Waals surface area contributed by atoms with Crippen molar-refractivity contribution >= 4 is 34.4 Å². The van der Waals surface area contributed by atoms with Crippen molar-refractivity contribution in [1.29, 1.82) is 0 Å². The predicted molar refractivity (Wildman–Crippen MR) is 162 cm³/mol. The van der Waals surface area contributed by atoms with Crippen LogP contribution in [-0.4, -0.2) is 45.3 Å². The average Bonchev–Trinajstić information content (AvgIpc) is 3.72. The number of nitrogens with zero attached hydrogens (tertiary/aromatic N) is 3. The minimum absolute atomic E-state index is 0.112. The first-order valence-electron chi connectivity index (χ1n) is 14.9. The number of hydrogen-bond acceptors (Lipinski definition) is 4. The van der Waals surface area contributed by atoms with Crippen molar-refractivity contribution in [3.8, 4) is 5.75 Å². The second-order valence-corrected chi connectivity index (χ2v) is 12.7. The first-order chi connectivity index (χ1) is 21.2. The summed E-state index contributed by atoms with van der Waals surface area (Å²) < 4.78 is 52.2. The highest BCUT2D eigenvalue weighted by Gasteiger charge is 2.44. The molecule has 1 aromatic heterocycles. The standard InChI is InChI=1S/C34H31ClF3N3O3/c35-22-5-6-24(26(37)15-22)30-16-27(38)25-3-1-2-23(32(25)44-30)20-8-12-40(13-9-20)17-31-39-28-7-4-21(33(42)43)14-29(28)41(31)19-34(18-36)10-11-34/h1-7,14-16,20,30H,8-13,17-19H2,(H,42,43). The zero-order valence-electron chi connectivity index (χ0n) is 23.9. The number of aromatic carboxylic acids is 1. The number of ether oxygens (including phenoxy) is 1. The molecule has 1 saturated carbocycles. The van der Waals surface area contributed by atoms with E-state index in [4.69, 9.17) is 21.3 Å². The number of imidazole rings is 1. The second kappa shape index (κ2) is 11.3. The lowest BCUT2D eigenvalue weighted by Gasteiger charge is -2.34. The van der Waals surface area contributed by atoms with E-state index < -0.39 is 35.8 Å². The van der Waals surface area contributed by atoms with Gasteiger partial charge in [0, 0.05) is 22.5 Å². The van der Waals surface area contributed by atoms with Crippen LogP contribution in [0.5, 0.6) is 5.75 Å². The van der Waals surface area contributed by atoms with E-state index >= 15 is 4.39 Å². The second-order valence-electron chi connectivity index (χ2n) is 12.2. The Labute approximate surface area is 257 Å². The Morgan fingerprint density at radius 3 is 2.57 bits per heavy atom. The number of fused-ring (bicyclic) bond motifs is 2. The molecule has 4 aromatic rings. The van der Waals surface area contributed by atoms with E-state index in [2.05, 4.69) is 4.90 Å². The van der Waals surface area contributed by atoms with Crippen molar-refractivity contribution < 1.29 is 27.8 Å². The molecule has 7 rings (SSSR count). The lowest BCUT2D eigenvalue weighted by molar-refractivity contribution is 0.0697. The smallest absolute Gasteiger partial charge is 0.335 e. The van der Waals surface area contributed by atoms with Crippen LogP contribution < -0.4 is 4.74 Å². The number of carboxylic acids is 1. The Morgan fingerprint density at radius 1 is 1.07 bits per heavy atom. The van der Waals surface area contributed by atoms with E-state index in [0.717, 1.165) is 50.2 Å². The number of hydrogen-bond donors (Lipinski definition) is 1. The van der Waals surface area contributed by atoms with Crippen molar-refractivity contribution in [2.75, 3.05) is 19.8 Å². The van der Waals surface area contributed by atoms with Crippen LogP contribution in [0.15, 0.2) is 60.7 Å². The fraction of sp³-hybridized carbons (Fsp3) is 0.353.